The van der Waals surface area contributed by atoms with E-state index in [2.05, 4.69) is 221 Å². The number of nitrogens with zero attached hydrogens (tertiary/aromatic N) is 1. The highest BCUT2D eigenvalue weighted by atomic mass is 15.1. The summed E-state index contributed by atoms with van der Waals surface area (Å²) in [5.74, 6) is 0. The Bertz CT molecular complexity index is 2380. The van der Waals surface area contributed by atoms with Crippen molar-refractivity contribution >= 4 is 28.2 Å². The molecule has 0 saturated heterocycles. The topological polar surface area (TPSA) is 3.24 Å². The Morgan fingerprint density at radius 3 is 1.00 bits per heavy atom. The van der Waals surface area contributed by atoms with E-state index in [1.165, 1.54) is 66.8 Å². The molecule has 0 amide bonds. The highest BCUT2D eigenvalue weighted by Crippen LogP contribution is 2.46. The van der Waals surface area contributed by atoms with Crippen molar-refractivity contribution in [2.24, 2.45) is 0 Å². The molecule has 0 bridgehead atoms. The highest BCUT2D eigenvalue weighted by molar-refractivity contribution is 5.90. The molecule has 0 fully saturated rings. The Balaban J connectivity index is 1.07. The molecule has 0 atom stereocenters. The Kier molecular flexibility index (Phi) is 7.90. The lowest BCUT2D eigenvalue weighted by Crippen LogP contribution is -2.10. The second-order valence-electron chi connectivity index (χ2n) is 15.6. The van der Waals surface area contributed by atoms with E-state index < -0.39 is 0 Å². The molecule has 2 aliphatic carbocycles. The van der Waals surface area contributed by atoms with E-state index in [4.69, 9.17) is 0 Å². The quantitative estimate of drug-likeness (QED) is 0.162. The molecular formula is C52H43N. The third-order valence-corrected chi connectivity index (χ3v) is 11.2. The van der Waals surface area contributed by atoms with Crippen LogP contribution >= 0.6 is 0 Å². The molecule has 0 radical (unpaired) electrons. The first-order valence-corrected chi connectivity index (χ1v) is 18.7. The van der Waals surface area contributed by atoms with Gasteiger partial charge in [-0.3, -0.25) is 0 Å². The average Bonchev–Trinajstić information content (AvgIpc) is 3.64. The summed E-state index contributed by atoms with van der Waals surface area (Å²) >= 11 is 0. The van der Waals surface area contributed by atoms with Gasteiger partial charge in [0.2, 0.25) is 0 Å². The maximum Gasteiger partial charge on any atom is 0.0462 e. The maximum atomic E-state index is 2.42. The smallest absolute Gasteiger partial charge is 0.0462 e. The number of fused-ring (bicyclic) bond motifs is 2. The fourth-order valence-electron chi connectivity index (χ4n) is 8.39. The summed E-state index contributed by atoms with van der Waals surface area (Å²) in [7, 11) is 0. The third kappa shape index (κ3) is 5.93. The molecule has 0 N–H and O–H groups in total. The van der Waals surface area contributed by atoms with Gasteiger partial charge in [-0.25, -0.2) is 0 Å². The van der Waals surface area contributed by atoms with Gasteiger partial charge in [0, 0.05) is 27.9 Å². The van der Waals surface area contributed by atoms with Crippen LogP contribution in [0, 0.1) is 0 Å². The van der Waals surface area contributed by atoms with E-state index in [0.29, 0.717) is 0 Å². The SMILES string of the molecule is CC1(C)C=C(c2ccc(N(c3ccc(C4=CC(C)(C)c5ccccc54)cc3)c3ccc(-c4ccc(-c5ccccc5)cc4)cc3)cc2)c2ccccc21. The molecule has 0 spiro atoms. The van der Waals surface area contributed by atoms with Crippen molar-refractivity contribution in [3.63, 3.8) is 0 Å². The molecule has 0 aliphatic heterocycles. The third-order valence-electron chi connectivity index (χ3n) is 11.2. The van der Waals surface area contributed by atoms with E-state index in [9.17, 15) is 0 Å². The minimum atomic E-state index is 0.00643. The lowest BCUT2D eigenvalue weighted by Gasteiger charge is -2.26. The van der Waals surface area contributed by atoms with Crippen LogP contribution in [0.25, 0.3) is 33.4 Å². The summed E-state index contributed by atoms with van der Waals surface area (Å²) in [6.45, 7) is 9.23. The van der Waals surface area contributed by atoms with Gasteiger partial charge in [0.1, 0.15) is 0 Å². The van der Waals surface area contributed by atoms with Gasteiger partial charge in [0.25, 0.3) is 0 Å². The van der Waals surface area contributed by atoms with Crippen LogP contribution in [0.4, 0.5) is 17.1 Å². The number of allylic oxidation sites excluding steroid dienone is 2. The summed E-state index contributed by atoms with van der Waals surface area (Å²) in [4.78, 5) is 2.37. The van der Waals surface area contributed by atoms with Gasteiger partial charge in [-0.1, -0.05) is 179 Å². The zero-order chi connectivity index (χ0) is 36.2. The van der Waals surface area contributed by atoms with Crippen LogP contribution in [0.3, 0.4) is 0 Å². The van der Waals surface area contributed by atoms with Crippen LogP contribution in [-0.2, 0) is 10.8 Å². The van der Waals surface area contributed by atoms with Crippen LogP contribution in [0.2, 0.25) is 0 Å². The first-order chi connectivity index (χ1) is 25.7. The van der Waals surface area contributed by atoms with Gasteiger partial charge in [-0.15, -0.1) is 0 Å². The van der Waals surface area contributed by atoms with Gasteiger partial charge in [-0.2, -0.15) is 0 Å². The van der Waals surface area contributed by atoms with Crippen LogP contribution < -0.4 is 4.90 Å². The molecule has 1 nitrogen and oxygen atoms in total. The van der Waals surface area contributed by atoms with E-state index in [1.807, 2.05) is 0 Å². The standard InChI is InChI=1S/C52H43N/c1-51(2)34-47(45-14-8-10-16-49(45)51)40-24-30-43(31-25-40)53(44-32-26-41(27-33-44)48-35-52(3,4)50-17-11-9-15-46(48)50)42-28-22-39(23-29-42)38-20-18-37(19-21-38)36-12-6-5-7-13-36/h5-35H,1-4H3. The second kappa shape index (κ2) is 12.8. The Morgan fingerprint density at radius 1 is 0.302 bits per heavy atom. The molecule has 0 aromatic heterocycles. The Morgan fingerprint density at radius 2 is 0.604 bits per heavy atom. The molecule has 0 unspecified atom stereocenters. The average molecular weight is 682 g/mol. The molecule has 7 aromatic carbocycles. The fourth-order valence-corrected chi connectivity index (χ4v) is 8.39. The molecule has 7 aromatic rings. The molecule has 256 valence electrons. The maximum absolute atomic E-state index is 2.42. The second-order valence-corrected chi connectivity index (χ2v) is 15.6. The largest absolute Gasteiger partial charge is 0.311 e. The lowest BCUT2D eigenvalue weighted by molar-refractivity contribution is 0.683. The molecule has 53 heavy (non-hydrogen) atoms. The van der Waals surface area contributed by atoms with E-state index in [0.717, 1.165) is 17.1 Å². The molecule has 0 heterocycles. The summed E-state index contributed by atoms with van der Waals surface area (Å²) in [6.07, 6.45) is 4.84. The molecular weight excluding hydrogens is 639 g/mol. The molecule has 9 rings (SSSR count). The van der Waals surface area contributed by atoms with Crippen molar-refractivity contribution in [2.75, 3.05) is 4.90 Å². The van der Waals surface area contributed by atoms with E-state index >= 15 is 0 Å². The fraction of sp³-hybridized carbons (Fsp3) is 0.115. The molecule has 0 saturated carbocycles. The van der Waals surface area contributed by atoms with Crippen molar-refractivity contribution in [3.05, 3.63) is 221 Å². The van der Waals surface area contributed by atoms with Crippen LogP contribution in [0.15, 0.2) is 188 Å². The number of hydrogen-bond acceptors (Lipinski definition) is 1. The van der Waals surface area contributed by atoms with Gasteiger partial charge in [0.05, 0.1) is 0 Å². The van der Waals surface area contributed by atoms with Crippen molar-refractivity contribution < 1.29 is 0 Å². The van der Waals surface area contributed by atoms with Gasteiger partial charge in [-0.05, 0) is 103 Å². The van der Waals surface area contributed by atoms with E-state index in [1.54, 1.807) is 0 Å². The summed E-state index contributed by atoms with van der Waals surface area (Å²) in [5, 5.41) is 0. The molecule has 1 heteroatoms. The predicted molar refractivity (Wildman–Crippen MR) is 225 cm³/mol. The Labute approximate surface area is 314 Å². The number of benzene rings is 7. The van der Waals surface area contributed by atoms with Crippen LogP contribution in [0.5, 0.6) is 0 Å². The van der Waals surface area contributed by atoms with Gasteiger partial charge < -0.3 is 4.90 Å². The van der Waals surface area contributed by atoms with Crippen molar-refractivity contribution in [2.45, 2.75) is 38.5 Å². The van der Waals surface area contributed by atoms with Crippen molar-refractivity contribution in [3.8, 4) is 22.3 Å². The first kappa shape index (κ1) is 32.7. The monoisotopic (exact) mass is 681 g/mol. The van der Waals surface area contributed by atoms with Crippen molar-refractivity contribution in [1.82, 2.24) is 0 Å². The van der Waals surface area contributed by atoms with Gasteiger partial charge in [0.15, 0.2) is 0 Å². The molecule has 2 aliphatic rings. The Hall–Kier alpha value is -6.18. The zero-order valence-electron chi connectivity index (χ0n) is 30.8. The number of rotatable bonds is 7. The number of anilines is 3. The summed E-state index contributed by atoms with van der Waals surface area (Å²) in [5.41, 5.74) is 18.8. The first-order valence-electron chi connectivity index (χ1n) is 18.7. The lowest BCUT2D eigenvalue weighted by atomic mass is 9.87. The van der Waals surface area contributed by atoms with E-state index in [-0.39, 0.29) is 10.8 Å². The summed E-state index contributed by atoms with van der Waals surface area (Å²) in [6, 6.07) is 64.3. The highest BCUT2D eigenvalue weighted by Gasteiger charge is 2.31. The predicted octanol–water partition coefficient (Wildman–Crippen LogP) is 13.9. The number of hydrogen-bond donors (Lipinski definition) is 0. The minimum Gasteiger partial charge on any atom is -0.311 e. The normalized spacial score (nSPS) is 14.9. The van der Waals surface area contributed by atoms with Crippen molar-refractivity contribution in [1.29, 1.82) is 0 Å². The minimum absolute atomic E-state index is 0.00643. The van der Waals surface area contributed by atoms with Gasteiger partial charge >= 0.3 is 0 Å². The summed E-state index contributed by atoms with van der Waals surface area (Å²) < 4.78 is 0. The van der Waals surface area contributed by atoms with Crippen LogP contribution in [-0.4, -0.2) is 0 Å². The zero-order valence-corrected chi connectivity index (χ0v) is 30.8. The van der Waals surface area contributed by atoms with Crippen LogP contribution in [0.1, 0.15) is 61.1 Å².